The van der Waals surface area contributed by atoms with Gasteiger partial charge < -0.3 is 10.6 Å². The molecule has 1 aromatic rings. The molecule has 3 heteroatoms. The van der Waals surface area contributed by atoms with E-state index < -0.39 is 0 Å². The number of amides is 1. The van der Waals surface area contributed by atoms with Crippen LogP contribution in [-0.4, -0.2) is 19.0 Å². The summed E-state index contributed by atoms with van der Waals surface area (Å²) in [5, 5.41) is 6.41. The van der Waals surface area contributed by atoms with Crippen LogP contribution in [0.25, 0.3) is 0 Å². The highest BCUT2D eigenvalue weighted by Crippen LogP contribution is 2.41. The Morgan fingerprint density at radius 2 is 2.00 bits per heavy atom. The molecule has 90 valence electrons. The Kier molecular flexibility index (Phi) is 2.63. The van der Waals surface area contributed by atoms with Gasteiger partial charge in [0.15, 0.2) is 0 Å². The van der Waals surface area contributed by atoms with Crippen molar-refractivity contribution in [3.8, 4) is 0 Å². The third-order valence-electron chi connectivity index (χ3n) is 4.03. The van der Waals surface area contributed by atoms with Gasteiger partial charge in [0.1, 0.15) is 0 Å². The van der Waals surface area contributed by atoms with E-state index in [4.69, 9.17) is 0 Å². The summed E-state index contributed by atoms with van der Waals surface area (Å²) in [5.74, 6) is 0.771. The second kappa shape index (κ2) is 4.15. The number of fused-ring (bicyclic) bond motifs is 1. The van der Waals surface area contributed by atoms with E-state index in [1.54, 1.807) is 0 Å². The number of carbonyl (C=O) groups excluding carboxylic acids is 1. The second-order valence-electron chi connectivity index (χ2n) is 5.09. The van der Waals surface area contributed by atoms with Crippen LogP contribution in [0.15, 0.2) is 18.2 Å². The van der Waals surface area contributed by atoms with Crippen molar-refractivity contribution in [1.29, 1.82) is 0 Å². The molecule has 1 saturated heterocycles. The van der Waals surface area contributed by atoms with Crippen LogP contribution < -0.4 is 10.6 Å². The number of aryl methyl sites for hydroxylation is 1. The highest BCUT2D eigenvalue weighted by molar-refractivity contribution is 6.03. The molecule has 1 amide bonds. The van der Waals surface area contributed by atoms with Crippen molar-refractivity contribution in [2.24, 2.45) is 5.92 Å². The van der Waals surface area contributed by atoms with E-state index in [9.17, 15) is 4.79 Å². The maximum absolute atomic E-state index is 12.2. The molecule has 17 heavy (non-hydrogen) atoms. The molecule has 2 aliphatic heterocycles. The van der Waals surface area contributed by atoms with Crippen molar-refractivity contribution in [3.05, 3.63) is 29.3 Å². The first-order valence-corrected chi connectivity index (χ1v) is 6.38. The van der Waals surface area contributed by atoms with E-state index in [1.807, 2.05) is 0 Å². The predicted molar refractivity (Wildman–Crippen MR) is 68.1 cm³/mol. The first kappa shape index (κ1) is 10.8. The molecular formula is C14H18N2O. The van der Waals surface area contributed by atoms with Crippen LogP contribution in [0.2, 0.25) is 0 Å². The van der Waals surface area contributed by atoms with Crippen LogP contribution in [0.5, 0.6) is 0 Å². The monoisotopic (exact) mass is 230 g/mol. The molecule has 0 aliphatic carbocycles. The minimum absolute atomic E-state index is 0.0759. The van der Waals surface area contributed by atoms with Gasteiger partial charge in [0.05, 0.1) is 5.92 Å². The number of piperidine rings is 1. The molecule has 1 unspecified atom stereocenters. The number of hydrogen-bond donors (Lipinski definition) is 2. The zero-order chi connectivity index (χ0) is 11.8. The van der Waals surface area contributed by atoms with E-state index in [0.29, 0.717) is 5.92 Å². The topological polar surface area (TPSA) is 41.1 Å². The first-order valence-electron chi connectivity index (χ1n) is 6.38. The standard InChI is InChI=1S/C14H18N2O/c1-9-3-2-4-11-12(14(17)16-13(9)11)10-5-7-15-8-6-10/h2-4,10,12,15H,5-8H2,1H3,(H,16,17). The summed E-state index contributed by atoms with van der Waals surface area (Å²) < 4.78 is 0. The van der Waals surface area contributed by atoms with Gasteiger partial charge in [-0.1, -0.05) is 18.2 Å². The van der Waals surface area contributed by atoms with Gasteiger partial charge in [0.25, 0.3) is 0 Å². The molecule has 0 spiro atoms. The molecule has 3 rings (SSSR count). The second-order valence-corrected chi connectivity index (χ2v) is 5.09. The number of hydrogen-bond acceptors (Lipinski definition) is 2. The molecule has 2 heterocycles. The van der Waals surface area contributed by atoms with Crippen LogP contribution in [-0.2, 0) is 4.79 Å². The molecule has 1 fully saturated rings. The third kappa shape index (κ3) is 1.75. The molecule has 2 N–H and O–H groups in total. The van der Waals surface area contributed by atoms with E-state index in [2.05, 4.69) is 35.8 Å². The van der Waals surface area contributed by atoms with Gasteiger partial charge in [0, 0.05) is 5.69 Å². The maximum atomic E-state index is 12.2. The smallest absolute Gasteiger partial charge is 0.232 e. The van der Waals surface area contributed by atoms with Crippen LogP contribution in [0.1, 0.15) is 29.9 Å². The zero-order valence-corrected chi connectivity index (χ0v) is 10.1. The summed E-state index contributed by atoms with van der Waals surface area (Å²) in [6.45, 7) is 4.13. The lowest BCUT2D eigenvalue weighted by atomic mass is 9.81. The summed E-state index contributed by atoms with van der Waals surface area (Å²) in [5.41, 5.74) is 3.44. The molecule has 0 bridgehead atoms. The van der Waals surface area contributed by atoms with Gasteiger partial charge >= 0.3 is 0 Å². The minimum Gasteiger partial charge on any atom is -0.325 e. The Balaban J connectivity index is 1.96. The Morgan fingerprint density at radius 1 is 1.24 bits per heavy atom. The van der Waals surface area contributed by atoms with Gasteiger partial charge in [-0.15, -0.1) is 0 Å². The average molecular weight is 230 g/mol. The number of rotatable bonds is 1. The number of para-hydroxylation sites is 1. The number of carbonyl (C=O) groups is 1. The van der Waals surface area contributed by atoms with Crippen LogP contribution in [0, 0.1) is 12.8 Å². The zero-order valence-electron chi connectivity index (χ0n) is 10.1. The van der Waals surface area contributed by atoms with E-state index in [-0.39, 0.29) is 11.8 Å². The lowest BCUT2D eigenvalue weighted by Crippen LogP contribution is -2.33. The molecule has 2 aliphatic rings. The highest BCUT2D eigenvalue weighted by Gasteiger charge is 2.37. The molecule has 0 aromatic heterocycles. The number of anilines is 1. The van der Waals surface area contributed by atoms with Crippen molar-refractivity contribution in [1.82, 2.24) is 5.32 Å². The molecule has 0 saturated carbocycles. The van der Waals surface area contributed by atoms with Crippen molar-refractivity contribution in [3.63, 3.8) is 0 Å². The quantitative estimate of drug-likeness (QED) is 0.775. The van der Waals surface area contributed by atoms with E-state index in [1.165, 1.54) is 11.1 Å². The summed E-state index contributed by atoms with van der Waals surface area (Å²) in [4.78, 5) is 12.2. The summed E-state index contributed by atoms with van der Waals surface area (Å²) in [6.07, 6.45) is 2.21. The largest absolute Gasteiger partial charge is 0.325 e. The van der Waals surface area contributed by atoms with Crippen LogP contribution in [0.4, 0.5) is 5.69 Å². The van der Waals surface area contributed by atoms with E-state index >= 15 is 0 Å². The van der Waals surface area contributed by atoms with E-state index in [0.717, 1.165) is 31.6 Å². The average Bonchev–Trinajstić information content (AvgIpc) is 2.68. The lowest BCUT2D eigenvalue weighted by Gasteiger charge is -2.26. The maximum Gasteiger partial charge on any atom is 0.232 e. The summed E-state index contributed by atoms with van der Waals surface area (Å²) >= 11 is 0. The van der Waals surface area contributed by atoms with Crippen LogP contribution >= 0.6 is 0 Å². The molecular weight excluding hydrogens is 212 g/mol. The molecule has 1 atom stereocenters. The molecule has 3 nitrogen and oxygen atoms in total. The fourth-order valence-electron chi connectivity index (χ4n) is 3.11. The van der Waals surface area contributed by atoms with Crippen molar-refractivity contribution in [2.75, 3.05) is 18.4 Å². The van der Waals surface area contributed by atoms with Crippen LogP contribution in [0.3, 0.4) is 0 Å². The Hall–Kier alpha value is -1.35. The lowest BCUT2D eigenvalue weighted by molar-refractivity contribution is -0.118. The third-order valence-corrected chi connectivity index (χ3v) is 4.03. The Labute approximate surface area is 102 Å². The SMILES string of the molecule is Cc1cccc2c1NC(=O)C2C1CCNCC1. The van der Waals surface area contributed by atoms with Gasteiger partial charge in [-0.25, -0.2) is 0 Å². The minimum atomic E-state index is 0.0759. The van der Waals surface area contributed by atoms with Gasteiger partial charge in [-0.3, -0.25) is 4.79 Å². The predicted octanol–water partition coefficient (Wildman–Crippen LogP) is 2.03. The Bertz CT molecular complexity index is 450. The Morgan fingerprint density at radius 3 is 2.76 bits per heavy atom. The van der Waals surface area contributed by atoms with Crippen molar-refractivity contribution in [2.45, 2.75) is 25.7 Å². The normalized spacial score (nSPS) is 24.5. The fourth-order valence-corrected chi connectivity index (χ4v) is 3.11. The first-order chi connectivity index (χ1) is 8.27. The van der Waals surface area contributed by atoms with Gasteiger partial charge in [-0.2, -0.15) is 0 Å². The summed E-state index contributed by atoms with van der Waals surface area (Å²) in [6, 6.07) is 6.22. The highest BCUT2D eigenvalue weighted by atomic mass is 16.2. The molecule has 0 radical (unpaired) electrons. The number of nitrogens with one attached hydrogen (secondary N) is 2. The molecule has 1 aromatic carbocycles. The van der Waals surface area contributed by atoms with Gasteiger partial charge in [-0.05, 0) is 49.9 Å². The van der Waals surface area contributed by atoms with Crippen molar-refractivity contribution < 1.29 is 4.79 Å². The number of benzene rings is 1. The fraction of sp³-hybridized carbons (Fsp3) is 0.500. The van der Waals surface area contributed by atoms with Crippen molar-refractivity contribution >= 4 is 11.6 Å². The van der Waals surface area contributed by atoms with Gasteiger partial charge in [0.2, 0.25) is 5.91 Å². The summed E-state index contributed by atoms with van der Waals surface area (Å²) in [7, 11) is 0.